The Morgan fingerprint density at radius 3 is 2.38 bits per heavy atom. The van der Waals surface area contributed by atoms with Crippen LogP contribution in [-0.4, -0.2) is 22.0 Å². The number of nitrogens with zero attached hydrogens (tertiary/aromatic N) is 3. The minimum absolute atomic E-state index is 0.0373. The minimum Gasteiger partial charge on any atom is -0.276 e. The molecule has 0 bridgehead atoms. The fourth-order valence-electron chi connectivity index (χ4n) is 3.32. The molecule has 1 amide bonds. The number of benzene rings is 2. The molecule has 0 atom stereocenters. The second-order valence-corrected chi connectivity index (χ2v) is 7.67. The van der Waals surface area contributed by atoms with Crippen LogP contribution in [0.4, 0.5) is 5.95 Å². The molecule has 132 valence electrons. The van der Waals surface area contributed by atoms with Crippen molar-refractivity contribution in [1.82, 2.24) is 9.55 Å². The Morgan fingerprint density at radius 1 is 1.00 bits per heavy atom. The van der Waals surface area contributed by atoms with Gasteiger partial charge < -0.3 is 0 Å². The summed E-state index contributed by atoms with van der Waals surface area (Å²) in [6, 6.07) is 14.9. The highest BCUT2D eigenvalue weighted by molar-refractivity contribution is 6.06. The molecule has 0 saturated heterocycles. The van der Waals surface area contributed by atoms with E-state index >= 15 is 0 Å². The Morgan fingerprint density at radius 2 is 1.69 bits per heavy atom. The number of hydrogen-bond acceptors (Lipinski definition) is 3. The van der Waals surface area contributed by atoms with E-state index in [1.165, 1.54) is 5.56 Å². The van der Waals surface area contributed by atoms with E-state index in [-0.39, 0.29) is 16.9 Å². The molecule has 0 unspecified atom stereocenters. The number of anilines is 1. The van der Waals surface area contributed by atoms with Crippen LogP contribution in [0.2, 0.25) is 0 Å². The van der Waals surface area contributed by atoms with Crippen molar-refractivity contribution in [3.8, 4) is 0 Å². The van der Waals surface area contributed by atoms with Crippen molar-refractivity contribution in [3.63, 3.8) is 0 Å². The largest absolute Gasteiger partial charge is 0.276 e. The summed E-state index contributed by atoms with van der Waals surface area (Å²) in [7, 11) is 0. The maximum absolute atomic E-state index is 13.0. The zero-order chi connectivity index (χ0) is 18.5. The second-order valence-electron chi connectivity index (χ2n) is 7.67. The third kappa shape index (κ3) is 2.60. The number of rotatable bonds is 1. The highest BCUT2D eigenvalue weighted by Gasteiger charge is 2.29. The number of amides is 1. The van der Waals surface area contributed by atoms with Crippen LogP contribution in [0.3, 0.4) is 0 Å². The Balaban J connectivity index is 1.73. The van der Waals surface area contributed by atoms with Crippen molar-refractivity contribution in [3.05, 3.63) is 70.0 Å². The Labute approximate surface area is 151 Å². The Kier molecular flexibility index (Phi) is 3.68. The highest BCUT2D eigenvalue weighted by Crippen LogP contribution is 2.25. The topological polar surface area (TPSA) is 55.2 Å². The van der Waals surface area contributed by atoms with E-state index in [1.54, 1.807) is 21.6 Å². The van der Waals surface area contributed by atoms with Gasteiger partial charge in [-0.2, -0.15) is 0 Å². The van der Waals surface area contributed by atoms with Crippen LogP contribution in [0.5, 0.6) is 0 Å². The summed E-state index contributed by atoms with van der Waals surface area (Å²) in [4.78, 5) is 31.8. The molecule has 0 aliphatic carbocycles. The molecule has 0 saturated carbocycles. The Hall–Kier alpha value is -2.95. The minimum atomic E-state index is -0.126. The number of para-hydroxylation sites is 1. The second kappa shape index (κ2) is 5.80. The van der Waals surface area contributed by atoms with E-state index in [0.717, 1.165) is 0 Å². The van der Waals surface area contributed by atoms with E-state index in [2.05, 4.69) is 25.8 Å². The van der Waals surface area contributed by atoms with Gasteiger partial charge in [-0.15, -0.1) is 0 Å². The van der Waals surface area contributed by atoms with Crippen LogP contribution in [0.1, 0.15) is 36.7 Å². The quantitative estimate of drug-likeness (QED) is 0.678. The lowest BCUT2D eigenvalue weighted by Crippen LogP contribution is -2.30. The first-order valence-electron chi connectivity index (χ1n) is 8.78. The third-order valence-electron chi connectivity index (χ3n) is 4.87. The zero-order valence-corrected chi connectivity index (χ0v) is 15.2. The van der Waals surface area contributed by atoms with Gasteiger partial charge in [0.25, 0.3) is 11.5 Å². The van der Waals surface area contributed by atoms with Gasteiger partial charge in [0.2, 0.25) is 5.95 Å². The van der Waals surface area contributed by atoms with Gasteiger partial charge >= 0.3 is 0 Å². The number of hydrogen-bond donors (Lipinski definition) is 0. The van der Waals surface area contributed by atoms with Gasteiger partial charge in [-0.3, -0.25) is 19.1 Å². The molecule has 1 aromatic heterocycles. The smallest absolute Gasteiger partial charge is 0.262 e. The predicted molar refractivity (Wildman–Crippen MR) is 103 cm³/mol. The lowest BCUT2D eigenvalue weighted by Gasteiger charge is -2.20. The molecular formula is C21H21N3O2. The molecule has 4 rings (SSSR count). The number of carbonyl (C=O) groups is 1. The van der Waals surface area contributed by atoms with Crippen LogP contribution >= 0.6 is 0 Å². The first-order valence-corrected chi connectivity index (χ1v) is 8.78. The van der Waals surface area contributed by atoms with Gasteiger partial charge in [0.05, 0.1) is 10.9 Å². The number of fused-ring (bicyclic) bond motifs is 2. The van der Waals surface area contributed by atoms with E-state index in [0.29, 0.717) is 35.5 Å². The van der Waals surface area contributed by atoms with Gasteiger partial charge in [0, 0.05) is 18.7 Å². The molecule has 0 fully saturated rings. The van der Waals surface area contributed by atoms with Gasteiger partial charge in [-0.05, 0) is 35.2 Å². The molecule has 0 radical (unpaired) electrons. The molecule has 5 heteroatoms. The summed E-state index contributed by atoms with van der Waals surface area (Å²) in [6.07, 6.45) is 0. The molecule has 5 nitrogen and oxygen atoms in total. The molecular weight excluding hydrogens is 326 g/mol. The maximum atomic E-state index is 13.0. The SMILES string of the molecule is CC(C)(C)c1ccc(C(=O)N2CCn3c2nc2ccccc2c3=O)cc1. The highest BCUT2D eigenvalue weighted by atomic mass is 16.2. The summed E-state index contributed by atoms with van der Waals surface area (Å²) < 4.78 is 1.59. The number of carbonyl (C=O) groups excluding carboxylic acids is 1. The van der Waals surface area contributed by atoms with E-state index < -0.39 is 0 Å². The lowest BCUT2D eigenvalue weighted by atomic mass is 9.86. The van der Waals surface area contributed by atoms with Crippen molar-refractivity contribution < 1.29 is 4.79 Å². The van der Waals surface area contributed by atoms with Gasteiger partial charge in [0.15, 0.2) is 0 Å². The molecule has 2 aromatic carbocycles. The summed E-state index contributed by atoms with van der Waals surface area (Å²) in [5.74, 6) is 0.303. The van der Waals surface area contributed by atoms with Crippen molar-refractivity contribution >= 4 is 22.8 Å². The van der Waals surface area contributed by atoms with Crippen molar-refractivity contribution in [2.75, 3.05) is 11.4 Å². The van der Waals surface area contributed by atoms with Gasteiger partial charge in [0.1, 0.15) is 0 Å². The lowest BCUT2D eigenvalue weighted by molar-refractivity contribution is 0.0988. The van der Waals surface area contributed by atoms with Crippen molar-refractivity contribution in [2.45, 2.75) is 32.7 Å². The molecule has 1 aliphatic rings. The summed E-state index contributed by atoms with van der Waals surface area (Å²) in [5.41, 5.74) is 2.34. The summed E-state index contributed by atoms with van der Waals surface area (Å²) in [5, 5.41) is 0.583. The van der Waals surface area contributed by atoms with Crippen LogP contribution in [0, 0.1) is 0 Å². The average Bonchev–Trinajstić information content (AvgIpc) is 3.05. The van der Waals surface area contributed by atoms with Crippen molar-refractivity contribution in [1.29, 1.82) is 0 Å². The monoisotopic (exact) mass is 347 g/mol. The molecule has 26 heavy (non-hydrogen) atoms. The average molecular weight is 347 g/mol. The van der Waals surface area contributed by atoms with Crippen LogP contribution < -0.4 is 10.5 Å². The maximum Gasteiger partial charge on any atom is 0.262 e. The van der Waals surface area contributed by atoms with Gasteiger partial charge in [-0.25, -0.2) is 4.98 Å². The fourth-order valence-corrected chi connectivity index (χ4v) is 3.32. The molecule has 0 N–H and O–H groups in total. The van der Waals surface area contributed by atoms with E-state index in [4.69, 9.17) is 0 Å². The van der Waals surface area contributed by atoms with Gasteiger partial charge in [-0.1, -0.05) is 45.0 Å². The summed E-state index contributed by atoms with van der Waals surface area (Å²) in [6.45, 7) is 7.35. The van der Waals surface area contributed by atoms with E-state index in [1.807, 2.05) is 36.4 Å². The molecule has 3 aromatic rings. The first kappa shape index (κ1) is 16.5. The zero-order valence-electron chi connectivity index (χ0n) is 15.2. The van der Waals surface area contributed by atoms with Crippen LogP contribution in [0.25, 0.3) is 10.9 Å². The third-order valence-corrected chi connectivity index (χ3v) is 4.87. The van der Waals surface area contributed by atoms with Crippen LogP contribution in [-0.2, 0) is 12.0 Å². The normalized spacial score (nSPS) is 13.9. The molecule has 2 heterocycles. The Bertz CT molecular complexity index is 1060. The predicted octanol–water partition coefficient (Wildman–Crippen LogP) is 3.35. The van der Waals surface area contributed by atoms with Crippen molar-refractivity contribution in [2.24, 2.45) is 0 Å². The fraction of sp³-hybridized carbons (Fsp3) is 0.286. The molecule has 1 aliphatic heterocycles. The first-order chi connectivity index (χ1) is 12.4. The van der Waals surface area contributed by atoms with E-state index in [9.17, 15) is 9.59 Å². The standard InChI is InChI=1S/C21H21N3O2/c1-21(2,3)15-10-8-14(9-11-15)18(25)23-12-13-24-19(26)16-6-4-5-7-17(16)22-20(23)24/h4-11H,12-13H2,1-3H3. The van der Waals surface area contributed by atoms with Crippen LogP contribution in [0.15, 0.2) is 53.3 Å². The number of aromatic nitrogens is 2. The molecule has 0 spiro atoms. The summed E-state index contributed by atoms with van der Waals surface area (Å²) >= 11 is 0.